The molecule has 5 rings (SSSR count). The fraction of sp³-hybridized carbons (Fsp3) is 0.455. The zero-order chi connectivity index (χ0) is 22.6. The zero-order valence-electron chi connectivity index (χ0n) is 18.1. The minimum atomic E-state index is -0.420. The Morgan fingerprint density at radius 3 is 2.41 bits per heavy atom. The average molecular weight is 457 g/mol. The average Bonchev–Trinajstić information content (AvgIpc) is 3.59. The Kier molecular flexibility index (Phi) is 5.08. The van der Waals surface area contributed by atoms with Gasteiger partial charge < -0.3 is 9.80 Å². The minimum absolute atomic E-state index is 0.198. The van der Waals surface area contributed by atoms with Gasteiger partial charge in [0.05, 0.1) is 6.54 Å². The van der Waals surface area contributed by atoms with Crippen LogP contribution in [0.3, 0.4) is 0 Å². The van der Waals surface area contributed by atoms with Gasteiger partial charge in [0.15, 0.2) is 11.2 Å². The van der Waals surface area contributed by atoms with Gasteiger partial charge in [-0.2, -0.15) is 4.98 Å². The summed E-state index contributed by atoms with van der Waals surface area (Å²) in [6.07, 6.45) is 1.98. The number of carbonyl (C=O) groups excluding carboxylic acids is 1. The van der Waals surface area contributed by atoms with E-state index >= 15 is 0 Å². The molecule has 1 saturated carbocycles. The molecule has 9 nitrogen and oxygen atoms in total. The van der Waals surface area contributed by atoms with E-state index < -0.39 is 11.2 Å². The minimum Gasteiger partial charge on any atom is -0.339 e. The molecule has 1 aliphatic heterocycles. The number of rotatable bonds is 4. The fourth-order valence-corrected chi connectivity index (χ4v) is 4.53. The highest BCUT2D eigenvalue weighted by Gasteiger charge is 2.35. The first-order valence-electron chi connectivity index (χ1n) is 10.8. The van der Waals surface area contributed by atoms with E-state index in [0.29, 0.717) is 54.9 Å². The SMILES string of the molecule is Cn1c(=O)c2c(nc(N3CCN(C(=O)C4CC4)CC3)n2Cc2ccccc2Cl)n(C)c1=O. The molecule has 1 amide bonds. The third-order valence-electron chi connectivity index (χ3n) is 6.41. The molecule has 0 radical (unpaired) electrons. The molecule has 1 aliphatic carbocycles. The van der Waals surface area contributed by atoms with Gasteiger partial charge in [-0.3, -0.25) is 23.3 Å². The summed E-state index contributed by atoms with van der Waals surface area (Å²) in [5.41, 5.74) is 0.749. The molecule has 2 aliphatic rings. The molecular weight excluding hydrogens is 432 g/mol. The summed E-state index contributed by atoms with van der Waals surface area (Å²) >= 11 is 6.42. The summed E-state index contributed by atoms with van der Waals surface area (Å²) in [6, 6.07) is 7.48. The van der Waals surface area contributed by atoms with Crippen molar-refractivity contribution in [3.63, 3.8) is 0 Å². The quantitative estimate of drug-likeness (QED) is 0.588. The lowest BCUT2D eigenvalue weighted by atomic mass is 10.2. The predicted molar refractivity (Wildman–Crippen MR) is 122 cm³/mol. The number of benzene rings is 1. The topological polar surface area (TPSA) is 85.4 Å². The highest BCUT2D eigenvalue weighted by Crippen LogP contribution is 2.32. The molecule has 0 spiro atoms. The van der Waals surface area contributed by atoms with Crippen LogP contribution < -0.4 is 16.1 Å². The molecule has 3 heterocycles. The van der Waals surface area contributed by atoms with Gasteiger partial charge in [0.1, 0.15) is 0 Å². The van der Waals surface area contributed by atoms with Crippen molar-refractivity contribution in [3.8, 4) is 0 Å². The van der Waals surface area contributed by atoms with E-state index in [1.807, 2.05) is 33.7 Å². The van der Waals surface area contributed by atoms with Crippen LogP contribution in [-0.4, -0.2) is 55.7 Å². The number of fused-ring (bicyclic) bond motifs is 1. The molecule has 3 aromatic rings. The Labute approximate surface area is 189 Å². The first-order valence-corrected chi connectivity index (χ1v) is 11.2. The smallest absolute Gasteiger partial charge is 0.332 e. The maximum atomic E-state index is 13.1. The molecule has 1 aromatic carbocycles. The zero-order valence-corrected chi connectivity index (χ0v) is 18.9. The van der Waals surface area contributed by atoms with Gasteiger partial charge >= 0.3 is 5.69 Å². The Hall–Kier alpha value is -3.07. The number of imidazole rings is 1. The Bertz CT molecular complexity index is 1330. The largest absolute Gasteiger partial charge is 0.339 e. The van der Waals surface area contributed by atoms with Crippen LogP contribution in [0.25, 0.3) is 11.2 Å². The molecule has 1 saturated heterocycles. The predicted octanol–water partition coefficient (Wildman–Crippen LogP) is 1.19. The molecule has 2 fully saturated rings. The Morgan fingerprint density at radius 2 is 1.75 bits per heavy atom. The summed E-state index contributed by atoms with van der Waals surface area (Å²) in [5, 5.41) is 0.599. The summed E-state index contributed by atoms with van der Waals surface area (Å²) in [6.45, 7) is 2.79. The van der Waals surface area contributed by atoms with Crippen molar-refractivity contribution < 1.29 is 4.79 Å². The summed E-state index contributed by atoms with van der Waals surface area (Å²) < 4.78 is 4.34. The number of carbonyl (C=O) groups is 1. The number of amides is 1. The fourth-order valence-electron chi connectivity index (χ4n) is 4.34. The van der Waals surface area contributed by atoms with Gasteiger partial charge in [0, 0.05) is 51.2 Å². The van der Waals surface area contributed by atoms with Crippen LogP contribution in [0, 0.1) is 5.92 Å². The van der Waals surface area contributed by atoms with Crippen molar-refractivity contribution in [1.82, 2.24) is 23.6 Å². The number of aryl methyl sites for hydroxylation is 1. The van der Waals surface area contributed by atoms with Gasteiger partial charge in [-0.25, -0.2) is 4.79 Å². The second-order valence-electron chi connectivity index (χ2n) is 8.55. The van der Waals surface area contributed by atoms with Crippen LogP contribution >= 0.6 is 11.6 Å². The highest BCUT2D eigenvalue weighted by atomic mass is 35.5. The van der Waals surface area contributed by atoms with Crippen LogP contribution in [0.15, 0.2) is 33.9 Å². The number of aromatic nitrogens is 4. The first kappa shape index (κ1) is 20.8. The van der Waals surface area contributed by atoms with Crippen molar-refractivity contribution in [2.45, 2.75) is 19.4 Å². The van der Waals surface area contributed by atoms with Crippen molar-refractivity contribution in [1.29, 1.82) is 0 Å². The van der Waals surface area contributed by atoms with Gasteiger partial charge in [-0.1, -0.05) is 29.8 Å². The molecule has 0 atom stereocenters. The summed E-state index contributed by atoms with van der Waals surface area (Å²) in [5.74, 6) is 1.05. The molecule has 2 aromatic heterocycles. The highest BCUT2D eigenvalue weighted by molar-refractivity contribution is 6.31. The lowest BCUT2D eigenvalue weighted by molar-refractivity contribution is -0.132. The van der Waals surface area contributed by atoms with E-state index in [-0.39, 0.29) is 11.8 Å². The third kappa shape index (κ3) is 3.40. The first-order chi connectivity index (χ1) is 15.4. The maximum Gasteiger partial charge on any atom is 0.332 e. The number of nitrogens with zero attached hydrogens (tertiary/aromatic N) is 6. The summed E-state index contributed by atoms with van der Waals surface area (Å²) in [7, 11) is 3.09. The Morgan fingerprint density at radius 1 is 1.06 bits per heavy atom. The Balaban J connectivity index is 1.59. The van der Waals surface area contributed by atoms with Gasteiger partial charge in [-0.15, -0.1) is 0 Å². The van der Waals surface area contributed by atoms with E-state index in [1.54, 1.807) is 7.05 Å². The summed E-state index contributed by atoms with van der Waals surface area (Å²) in [4.78, 5) is 46.8. The van der Waals surface area contributed by atoms with E-state index in [9.17, 15) is 14.4 Å². The number of halogens is 1. The number of piperazine rings is 1. The molecule has 168 valence electrons. The number of hydrogen-bond acceptors (Lipinski definition) is 5. The number of anilines is 1. The number of hydrogen-bond donors (Lipinski definition) is 0. The molecule has 0 bridgehead atoms. The van der Waals surface area contributed by atoms with E-state index in [4.69, 9.17) is 16.6 Å². The normalized spacial score (nSPS) is 16.7. The lowest BCUT2D eigenvalue weighted by Gasteiger charge is -2.35. The van der Waals surface area contributed by atoms with E-state index in [2.05, 4.69) is 4.90 Å². The van der Waals surface area contributed by atoms with Crippen molar-refractivity contribution in [2.24, 2.45) is 20.0 Å². The molecule has 0 N–H and O–H groups in total. The van der Waals surface area contributed by atoms with Gasteiger partial charge in [0.2, 0.25) is 11.9 Å². The second-order valence-corrected chi connectivity index (χ2v) is 8.96. The van der Waals surface area contributed by atoms with Crippen LogP contribution in [-0.2, 0) is 25.4 Å². The van der Waals surface area contributed by atoms with Crippen molar-refractivity contribution in [3.05, 3.63) is 55.7 Å². The maximum absolute atomic E-state index is 13.1. The lowest BCUT2D eigenvalue weighted by Crippen LogP contribution is -2.50. The molecule has 10 heteroatoms. The van der Waals surface area contributed by atoms with Crippen LogP contribution in [0.5, 0.6) is 0 Å². The molecule has 32 heavy (non-hydrogen) atoms. The van der Waals surface area contributed by atoms with E-state index in [1.165, 1.54) is 11.6 Å². The third-order valence-corrected chi connectivity index (χ3v) is 6.78. The van der Waals surface area contributed by atoms with E-state index in [0.717, 1.165) is 23.0 Å². The monoisotopic (exact) mass is 456 g/mol. The molecular formula is C22H25ClN6O3. The second kappa shape index (κ2) is 7.81. The van der Waals surface area contributed by atoms with Crippen molar-refractivity contribution >= 4 is 34.6 Å². The van der Waals surface area contributed by atoms with Gasteiger partial charge in [-0.05, 0) is 24.5 Å². The van der Waals surface area contributed by atoms with Crippen LogP contribution in [0.4, 0.5) is 5.95 Å². The van der Waals surface area contributed by atoms with Crippen LogP contribution in [0.1, 0.15) is 18.4 Å². The standard InChI is InChI=1S/C22H25ClN6O3/c1-25-18-17(20(31)26(2)22(25)32)29(13-15-5-3-4-6-16(15)23)21(24-18)28-11-9-27(10-12-28)19(30)14-7-8-14/h3-6,14H,7-13H2,1-2H3. The van der Waals surface area contributed by atoms with Gasteiger partial charge in [0.25, 0.3) is 5.56 Å². The van der Waals surface area contributed by atoms with Crippen LogP contribution in [0.2, 0.25) is 5.02 Å². The van der Waals surface area contributed by atoms with Crippen molar-refractivity contribution in [2.75, 3.05) is 31.1 Å². The molecule has 0 unspecified atom stereocenters.